The predicted octanol–water partition coefficient (Wildman–Crippen LogP) is 2.80. The molecule has 0 aromatic heterocycles. The fraction of sp³-hybridized carbons (Fsp3) is 0.941. The highest BCUT2D eigenvalue weighted by Crippen LogP contribution is 2.38. The van der Waals surface area contributed by atoms with Gasteiger partial charge >= 0.3 is 0 Å². The number of carbonyl (C=O) groups excluding carboxylic acids is 1. The lowest BCUT2D eigenvalue weighted by Crippen LogP contribution is -2.47. The second-order valence-corrected chi connectivity index (χ2v) is 7.31. The van der Waals surface area contributed by atoms with Gasteiger partial charge in [0.25, 0.3) is 0 Å². The van der Waals surface area contributed by atoms with E-state index in [1.807, 2.05) is 0 Å². The predicted molar refractivity (Wildman–Crippen MR) is 83.9 cm³/mol. The first-order valence-corrected chi connectivity index (χ1v) is 8.47. The van der Waals surface area contributed by atoms with Gasteiger partial charge in [0.05, 0.1) is 0 Å². The first kappa shape index (κ1) is 16.0. The number of hydrogen-bond donors (Lipinski definition) is 0. The van der Waals surface area contributed by atoms with E-state index in [0.29, 0.717) is 6.04 Å². The third-order valence-corrected chi connectivity index (χ3v) is 5.53. The maximum atomic E-state index is 11.8. The van der Waals surface area contributed by atoms with E-state index in [9.17, 15) is 4.79 Å². The Morgan fingerprint density at radius 3 is 2.55 bits per heavy atom. The zero-order valence-electron chi connectivity index (χ0n) is 13.6. The van der Waals surface area contributed by atoms with Crippen molar-refractivity contribution in [3.05, 3.63) is 0 Å². The van der Waals surface area contributed by atoms with Crippen LogP contribution >= 0.6 is 0 Å². The highest BCUT2D eigenvalue weighted by atomic mass is 16.1. The number of rotatable bonds is 4. The Kier molecular flexibility index (Phi) is 5.62. The largest absolute Gasteiger partial charge is 0.305 e. The molecule has 3 nitrogen and oxygen atoms in total. The van der Waals surface area contributed by atoms with Crippen molar-refractivity contribution in [1.82, 2.24) is 9.80 Å². The van der Waals surface area contributed by atoms with Gasteiger partial charge < -0.3 is 9.69 Å². The zero-order chi connectivity index (χ0) is 14.6. The molecule has 1 unspecified atom stereocenters. The van der Waals surface area contributed by atoms with Gasteiger partial charge in [-0.3, -0.25) is 4.90 Å². The monoisotopic (exact) mass is 280 g/mol. The van der Waals surface area contributed by atoms with Crippen LogP contribution in [0.15, 0.2) is 0 Å². The number of aldehydes is 1. The molecule has 3 heteroatoms. The number of likely N-dealkylation sites (N-methyl/N-ethyl adjacent to an activating group) is 1. The van der Waals surface area contributed by atoms with Crippen molar-refractivity contribution in [2.24, 2.45) is 11.3 Å². The van der Waals surface area contributed by atoms with Crippen LogP contribution in [0.2, 0.25) is 0 Å². The first-order chi connectivity index (χ1) is 9.58. The fourth-order valence-corrected chi connectivity index (χ4v) is 3.94. The van der Waals surface area contributed by atoms with Crippen LogP contribution in [-0.2, 0) is 4.79 Å². The van der Waals surface area contributed by atoms with E-state index in [0.717, 1.165) is 38.4 Å². The quantitative estimate of drug-likeness (QED) is 0.740. The van der Waals surface area contributed by atoms with E-state index in [2.05, 4.69) is 30.7 Å². The van der Waals surface area contributed by atoms with Crippen molar-refractivity contribution in [3.63, 3.8) is 0 Å². The van der Waals surface area contributed by atoms with Gasteiger partial charge in [0.2, 0.25) is 0 Å². The number of hydrogen-bond acceptors (Lipinski definition) is 3. The van der Waals surface area contributed by atoms with E-state index in [-0.39, 0.29) is 5.41 Å². The zero-order valence-corrected chi connectivity index (χ0v) is 13.6. The molecular weight excluding hydrogens is 248 g/mol. The molecule has 0 bridgehead atoms. The van der Waals surface area contributed by atoms with Gasteiger partial charge in [-0.2, -0.15) is 0 Å². The van der Waals surface area contributed by atoms with Gasteiger partial charge in [-0.05, 0) is 64.6 Å². The van der Waals surface area contributed by atoms with Crippen molar-refractivity contribution in [3.8, 4) is 0 Å². The summed E-state index contributed by atoms with van der Waals surface area (Å²) in [5.74, 6) is 0.806. The van der Waals surface area contributed by atoms with Crippen LogP contribution in [0, 0.1) is 11.3 Å². The molecule has 2 aliphatic rings. The van der Waals surface area contributed by atoms with Gasteiger partial charge in [-0.1, -0.05) is 13.8 Å². The van der Waals surface area contributed by atoms with Gasteiger partial charge in [0, 0.05) is 24.5 Å². The summed E-state index contributed by atoms with van der Waals surface area (Å²) in [5, 5.41) is 0. The van der Waals surface area contributed by atoms with Crippen LogP contribution in [0.25, 0.3) is 0 Å². The third kappa shape index (κ3) is 3.82. The van der Waals surface area contributed by atoms with Crippen molar-refractivity contribution in [2.75, 3.05) is 33.2 Å². The molecule has 0 aromatic carbocycles. The molecule has 0 radical (unpaired) electrons. The summed E-state index contributed by atoms with van der Waals surface area (Å²) in [6, 6.07) is 0.624. The smallest absolute Gasteiger partial charge is 0.127 e. The Bertz CT molecular complexity index is 310. The molecule has 1 aliphatic carbocycles. The molecule has 0 spiro atoms. The van der Waals surface area contributed by atoms with Crippen molar-refractivity contribution in [1.29, 1.82) is 0 Å². The topological polar surface area (TPSA) is 23.6 Å². The molecule has 0 aromatic rings. The van der Waals surface area contributed by atoms with Crippen LogP contribution in [0.4, 0.5) is 0 Å². The molecule has 0 N–H and O–H groups in total. The van der Waals surface area contributed by atoms with Crippen molar-refractivity contribution in [2.45, 2.75) is 58.4 Å². The molecule has 2 rings (SSSR count). The Hall–Kier alpha value is -0.410. The highest BCUT2D eigenvalue weighted by Gasteiger charge is 2.37. The lowest BCUT2D eigenvalue weighted by Gasteiger charge is -2.41. The molecule has 1 heterocycles. The standard InChI is InChI=1S/C17H32N2O/c1-4-16-12-18(3)10-5-11-19(16)13-17(14-20)8-6-15(2)7-9-17/h14-16H,4-13H2,1-3H3. The van der Waals surface area contributed by atoms with Crippen LogP contribution in [0.1, 0.15) is 52.4 Å². The molecule has 1 aliphatic heterocycles. The average molecular weight is 280 g/mol. The summed E-state index contributed by atoms with van der Waals surface area (Å²) in [6.07, 6.45) is 8.36. The van der Waals surface area contributed by atoms with Crippen LogP contribution < -0.4 is 0 Å². The average Bonchev–Trinajstić information content (AvgIpc) is 2.63. The minimum atomic E-state index is -0.0527. The minimum Gasteiger partial charge on any atom is -0.305 e. The molecule has 116 valence electrons. The maximum absolute atomic E-state index is 11.8. The lowest BCUT2D eigenvalue weighted by molar-refractivity contribution is -0.120. The summed E-state index contributed by atoms with van der Waals surface area (Å²) in [5.41, 5.74) is -0.0527. The normalized spacial score (nSPS) is 37.5. The summed E-state index contributed by atoms with van der Waals surface area (Å²) in [7, 11) is 2.23. The van der Waals surface area contributed by atoms with Gasteiger partial charge in [0.1, 0.15) is 6.29 Å². The van der Waals surface area contributed by atoms with Crippen LogP contribution in [-0.4, -0.2) is 55.4 Å². The fourth-order valence-electron chi connectivity index (χ4n) is 3.94. The molecule has 1 saturated heterocycles. The summed E-state index contributed by atoms with van der Waals surface area (Å²) < 4.78 is 0. The van der Waals surface area contributed by atoms with E-state index in [1.54, 1.807) is 0 Å². The minimum absolute atomic E-state index is 0.0527. The van der Waals surface area contributed by atoms with E-state index in [1.165, 1.54) is 38.5 Å². The highest BCUT2D eigenvalue weighted by molar-refractivity contribution is 5.60. The number of carbonyl (C=O) groups is 1. The molecule has 0 amide bonds. The Balaban J connectivity index is 2.03. The van der Waals surface area contributed by atoms with Gasteiger partial charge in [-0.25, -0.2) is 0 Å². The third-order valence-electron chi connectivity index (χ3n) is 5.53. The SMILES string of the molecule is CCC1CN(C)CCCN1CC1(C=O)CCC(C)CC1. The summed E-state index contributed by atoms with van der Waals surface area (Å²) >= 11 is 0. The Morgan fingerprint density at radius 2 is 1.95 bits per heavy atom. The van der Waals surface area contributed by atoms with Gasteiger partial charge in [-0.15, -0.1) is 0 Å². The van der Waals surface area contributed by atoms with Crippen LogP contribution in [0.5, 0.6) is 0 Å². The van der Waals surface area contributed by atoms with Crippen molar-refractivity contribution >= 4 is 6.29 Å². The molecule has 2 fully saturated rings. The molecule has 1 saturated carbocycles. The maximum Gasteiger partial charge on any atom is 0.127 e. The second-order valence-electron chi connectivity index (χ2n) is 7.31. The van der Waals surface area contributed by atoms with Gasteiger partial charge in [0.15, 0.2) is 0 Å². The van der Waals surface area contributed by atoms with E-state index < -0.39 is 0 Å². The Morgan fingerprint density at radius 1 is 1.25 bits per heavy atom. The van der Waals surface area contributed by atoms with Crippen LogP contribution in [0.3, 0.4) is 0 Å². The summed E-state index contributed by atoms with van der Waals surface area (Å²) in [4.78, 5) is 16.8. The first-order valence-electron chi connectivity index (χ1n) is 8.47. The van der Waals surface area contributed by atoms with E-state index >= 15 is 0 Å². The second kappa shape index (κ2) is 7.04. The summed E-state index contributed by atoms with van der Waals surface area (Å²) in [6.45, 7) is 9.11. The molecule has 1 atom stereocenters. The molecular formula is C17H32N2O. The molecule has 20 heavy (non-hydrogen) atoms. The lowest BCUT2D eigenvalue weighted by atomic mass is 9.71. The number of nitrogens with zero attached hydrogens (tertiary/aromatic N) is 2. The van der Waals surface area contributed by atoms with Crippen molar-refractivity contribution < 1.29 is 4.79 Å². The Labute approximate surface area is 124 Å². The van der Waals surface area contributed by atoms with E-state index in [4.69, 9.17) is 0 Å².